The third kappa shape index (κ3) is 3.40. The average molecular weight is 113 g/mol. The van der Waals surface area contributed by atoms with E-state index in [0.717, 1.165) is 5.57 Å². The fraction of sp³-hybridized carbons (Fsp3) is 0.500. The second-order valence-electron chi connectivity index (χ2n) is 1.78. The maximum atomic E-state index is 10.2. The largest absolute Gasteiger partial charge is 0.369 e. The molecule has 46 valence electrons. The number of allylic oxidation sites excluding steroid dienone is 1. The maximum Gasteiger partial charge on any atom is 0.221 e. The smallest absolute Gasteiger partial charge is 0.221 e. The quantitative estimate of drug-likeness (QED) is 0.529. The predicted molar refractivity (Wildman–Crippen MR) is 33.2 cm³/mol. The van der Waals surface area contributed by atoms with E-state index in [0.29, 0.717) is 6.42 Å². The lowest BCUT2D eigenvalue weighted by Crippen LogP contribution is -2.09. The second-order valence-corrected chi connectivity index (χ2v) is 1.78. The molecule has 0 rings (SSSR count). The molecule has 0 spiro atoms. The summed E-state index contributed by atoms with van der Waals surface area (Å²) in [6.45, 7) is 3.77. The van der Waals surface area contributed by atoms with Crippen LogP contribution in [0.1, 0.15) is 20.3 Å². The summed E-state index contributed by atoms with van der Waals surface area (Å²) in [5.41, 5.74) is 5.91. The summed E-state index contributed by atoms with van der Waals surface area (Å²) in [6, 6.07) is 0. The highest BCUT2D eigenvalue weighted by Crippen LogP contribution is 1.95. The van der Waals surface area contributed by atoms with Gasteiger partial charge in [0.05, 0.1) is 0 Å². The fourth-order valence-electron chi connectivity index (χ4n) is 0.377. The number of nitrogens with two attached hydrogens (primary N) is 1. The summed E-state index contributed by atoms with van der Waals surface area (Å²) in [5.74, 6) is -0.263. The Bertz CT molecular complexity index is 116. The minimum Gasteiger partial charge on any atom is -0.369 e. The van der Waals surface area contributed by atoms with Gasteiger partial charge in [-0.1, -0.05) is 11.6 Å². The van der Waals surface area contributed by atoms with Crippen LogP contribution in [0.25, 0.3) is 0 Å². The van der Waals surface area contributed by atoms with Gasteiger partial charge in [0.15, 0.2) is 0 Å². The number of hydrogen-bond donors (Lipinski definition) is 1. The highest BCUT2D eigenvalue weighted by molar-refractivity contribution is 5.76. The van der Waals surface area contributed by atoms with Crippen molar-refractivity contribution in [3.63, 3.8) is 0 Å². The molecule has 8 heavy (non-hydrogen) atoms. The summed E-state index contributed by atoms with van der Waals surface area (Å²) in [4.78, 5) is 10.2. The van der Waals surface area contributed by atoms with E-state index in [2.05, 4.69) is 0 Å². The zero-order valence-electron chi connectivity index (χ0n) is 5.27. The van der Waals surface area contributed by atoms with Crippen molar-refractivity contribution < 1.29 is 4.79 Å². The van der Waals surface area contributed by atoms with Gasteiger partial charge in [0, 0.05) is 6.42 Å². The van der Waals surface area contributed by atoms with Gasteiger partial charge in [-0.15, -0.1) is 0 Å². The van der Waals surface area contributed by atoms with Crippen LogP contribution in [0.5, 0.6) is 0 Å². The van der Waals surface area contributed by atoms with Crippen LogP contribution >= 0.6 is 0 Å². The molecule has 0 bridgehead atoms. The van der Waals surface area contributed by atoms with Gasteiger partial charge in [-0.25, -0.2) is 0 Å². The molecule has 0 aliphatic rings. The van der Waals surface area contributed by atoms with E-state index in [1.165, 1.54) is 0 Å². The van der Waals surface area contributed by atoms with Crippen molar-refractivity contribution in [1.29, 1.82) is 0 Å². The molecule has 2 heteroatoms. The van der Waals surface area contributed by atoms with Gasteiger partial charge in [-0.2, -0.15) is 0 Å². The molecule has 0 aromatic heterocycles. The first-order chi connectivity index (χ1) is 3.66. The van der Waals surface area contributed by atoms with Gasteiger partial charge >= 0.3 is 0 Å². The van der Waals surface area contributed by atoms with Gasteiger partial charge in [0.2, 0.25) is 5.91 Å². The van der Waals surface area contributed by atoms with Gasteiger partial charge in [0.1, 0.15) is 0 Å². The van der Waals surface area contributed by atoms with Crippen molar-refractivity contribution in [3.05, 3.63) is 11.6 Å². The van der Waals surface area contributed by atoms with Crippen LogP contribution in [0.4, 0.5) is 0 Å². The maximum absolute atomic E-state index is 10.2. The molecular formula is C6H11NO. The average Bonchev–Trinajstić information content (AvgIpc) is 1.65. The minimum atomic E-state index is -0.263. The molecule has 0 radical (unpaired) electrons. The van der Waals surface area contributed by atoms with Crippen LogP contribution in [-0.2, 0) is 4.79 Å². The molecule has 0 unspecified atom stereocenters. The third-order valence-electron chi connectivity index (χ3n) is 0.946. The Morgan fingerprint density at radius 3 is 2.38 bits per heavy atom. The SMILES string of the molecule is CC=C(C)CC(N)=O. The number of hydrogen-bond acceptors (Lipinski definition) is 1. The molecular weight excluding hydrogens is 102 g/mol. The first-order valence-electron chi connectivity index (χ1n) is 2.57. The van der Waals surface area contributed by atoms with Crippen molar-refractivity contribution >= 4 is 5.91 Å². The van der Waals surface area contributed by atoms with E-state index in [1.807, 2.05) is 19.9 Å². The molecule has 2 N–H and O–H groups in total. The molecule has 0 saturated heterocycles. The number of primary amides is 1. The Labute approximate surface area is 49.4 Å². The van der Waals surface area contributed by atoms with Crippen LogP contribution in [0.15, 0.2) is 11.6 Å². The standard InChI is InChI=1S/C6H11NO/c1-3-5(2)4-6(7)8/h3H,4H2,1-2H3,(H2,7,8). The Kier molecular flexibility index (Phi) is 2.92. The summed E-state index contributed by atoms with van der Waals surface area (Å²) >= 11 is 0. The number of carbonyl (C=O) groups is 1. The zero-order valence-corrected chi connectivity index (χ0v) is 5.27. The van der Waals surface area contributed by atoms with Crippen LogP contribution in [-0.4, -0.2) is 5.91 Å². The molecule has 0 aliphatic heterocycles. The van der Waals surface area contributed by atoms with Crippen molar-refractivity contribution in [3.8, 4) is 0 Å². The van der Waals surface area contributed by atoms with Gasteiger partial charge in [0.25, 0.3) is 0 Å². The Morgan fingerprint density at radius 2 is 2.25 bits per heavy atom. The van der Waals surface area contributed by atoms with Crippen LogP contribution in [0, 0.1) is 0 Å². The number of carbonyl (C=O) groups excluding carboxylic acids is 1. The van der Waals surface area contributed by atoms with Crippen molar-refractivity contribution in [2.24, 2.45) is 5.73 Å². The molecule has 0 heterocycles. The van der Waals surface area contributed by atoms with Crippen molar-refractivity contribution in [2.45, 2.75) is 20.3 Å². The van der Waals surface area contributed by atoms with Crippen LogP contribution in [0.2, 0.25) is 0 Å². The lowest BCUT2D eigenvalue weighted by Gasteiger charge is -1.90. The minimum absolute atomic E-state index is 0.263. The van der Waals surface area contributed by atoms with E-state index in [1.54, 1.807) is 0 Å². The Morgan fingerprint density at radius 1 is 1.75 bits per heavy atom. The monoisotopic (exact) mass is 113 g/mol. The van der Waals surface area contributed by atoms with Gasteiger partial charge in [-0.3, -0.25) is 4.79 Å². The van der Waals surface area contributed by atoms with Crippen LogP contribution < -0.4 is 5.73 Å². The lowest BCUT2D eigenvalue weighted by atomic mass is 10.2. The normalized spacial score (nSPS) is 11.5. The summed E-state index contributed by atoms with van der Waals surface area (Å²) in [7, 11) is 0. The lowest BCUT2D eigenvalue weighted by molar-refractivity contribution is -0.117. The van der Waals surface area contributed by atoms with E-state index >= 15 is 0 Å². The van der Waals surface area contributed by atoms with E-state index < -0.39 is 0 Å². The molecule has 0 aromatic rings. The second kappa shape index (κ2) is 3.24. The molecule has 0 fully saturated rings. The topological polar surface area (TPSA) is 43.1 Å². The Hall–Kier alpha value is -0.790. The van der Waals surface area contributed by atoms with E-state index in [9.17, 15) is 4.79 Å². The first kappa shape index (κ1) is 7.21. The summed E-state index contributed by atoms with van der Waals surface area (Å²) < 4.78 is 0. The van der Waals surface area contributed by atoms with E-state index in [-0.39, 0.29) is 5.91 Å². The van der Waals surface area contributed by atoms with Crippen molar-refractivity contribution in [2.75, 3.05) is 0 Å². The molecule has 0 aromatic carbocycles. The summed E-state index contributed by atoms with van der Waals surface area (Å²) in [6.07, 6.45) is 2.27. The highest BCUT2D eigenvalue weighted by atomic mass is 16.1. The van der Waals surface area contributed by atoms with Crippen molar-refractivity contribution in [1.82, 2.24) is 0 Å². The first-order valence-corrected chi connectivity index (χ1v) is 2.57. The summed E-state index contributed by atoms with van der Waals surface area (Å²) in [5, 5.41) is 0. The molecule has 0 atom stereocenters. The van der Waals surface area contributed by atoms with Gasteiger partial charge < -0.3 is 5.73 Å². The van der Waals surface area contributed by atoms with Gasteiger partial charge in [-0.05, 0) is 13.8 Å². The van der Waals surface area contributed by atoms with E-state index in [4.69, 9.17) is 5.73 Å². The molecule has 1 amide bonds. The number of amides is 1. The molecule has 0 saturated carbocycles. The highest BCUT2D eigenvalue weighted by Gasteiger charge is 1.91. The molecule has 0 aliphatic carbocycles. The van der Waals surface area contributed by atoms with Crippen LogP contribution in [0.3, 0.4) is 0 Å². The Balaban J connectivity index is 3.56. The number of rotatable bonds is 2. The zero-order chi connectivity index (χ0) is 6.57. The predicted octanol–water partition coefficient (Wildman–Crippen LogP) is 0.828. The fourth-order valence-corrected chi connectivity index (χ4v) is 0.377. The molecule has 2 nitrogen and oxygen atoms in total. The third-order valence-corrected chi connectivity index (χ3v) is 0.946.